The van der Waals surface area contributed by atoms with E-state index in [0.717, 1.165) is 27.4 Å². The summed E-state index contributed by atoms with van der Waals surface area (Å²) < 4.78 is 24.8. The maximum Gasteiger partial charge on any atom is 0.293 e. The van der Waals surface area contributed by atoms with Crippen LogP contribution in [0.2, 0.25) is 0 Å². The molecule has 1 saturated heterocycles. The van der Waals surface area contributed by atoms with Crippen molar-refractivity contribution in [1.29, 1.82) is 0 Å². The number of carbonyl (C=O) groups is 2. The van der Waals surface area contributed by atoms with Crippen LogP contribution in [0.1, 0.15) is 11.1 Å². The number of amides is 2. The Balaban J connectivity index is 1.75. The van der Waals surface area contributed by atoms with Crippen LogP contribution in [0.3, 0.4) is 0 Å². The van der Waals surface area contributed by atoms with E-state index in [1.165, 1.54) is 6.07 Å². The molecule has 4 rings (SSSR count). The number of halogens is 1. The predicted octanol–water partition coefficient (Wildman–Crippen LogP) is 5.23. The number of imide groups is 1. The van der Waals surface area contributed by atoms with Gasteiger partial charge in [0.2, 0.25) is 0 Å². The van der Waals surface area contributed by atoms with Crippen molar-refractivity contribution < 1.29 is 23.5 Å². The van der Waals surface area contributed by atoms with E-state index in [1.807, 2.05) is 30.3 Å². The highest BCUT2D eigenvalue weighted by Crippen LogP contribution is 2.38. The minimum Gasteiger partial charge on any atom is -0.497 e. The van der Waals surface area contributed by atoms with Crippen molar-refractivity contribution in [3.8, 4) is 11.5 Å². The van der Waals surface area contributed by atoms with Crippen LogP contribution in [0.25, 0.3) is 16.8 Å². The summed E-state index contributed by atoms with van der Waals surface area (Å²) in [6, 6.07) is 15.4. The van der Waals surface area contributed by atoms with Crippen molar-refractivity contribution in [3.05, 3.63) is 76.4 Å². The van der Waals surface area contributed by atoms with Gasteiger partial charge in [-0.15, -0.1) is 0 Å². The molecule has 0 atom stereocenters. The monoisotopic (exact) mass is 423 g/mol. The zero-order valence-corrected chi connectivity index (χ0v) is 17.2. The summed E-state index contributed by atoms with van der Waals surface area (Å²) in [5, 5.41) is 1.33. The first kappa shape index (κ1) is 20.0. The fourth-order valence-corrected chi connectivity index (χ4v) is 4.14. The minimum atomic E-state index is -0.463. The Morgan fingerprint density at radius 2 is 1.80 bits per heavy atom. The van der Waals surface area contributed by atoms with E-state index in [9.17, 15) is 14.0 Å². The topological polar surface area (TPSA) is 55.8 Å². The zero-order valence-electron chi connectivity index (χ0n) is 16.3. The van der Waals surface area contributed by atoms with Gasteiger partial charge >= 0.3 is 0 Å². The summed E-state index contributed by atoms with van der Waals surface area (Å²) >= 11 is 0.829. The van der Waals surface area contributed by atoms with E-state index >= 15 is 0 Å². The Kier molecular flexibility index (Phi) is 5.46. The van der Waals surface area contributed by atoms with E-state index in [0.29, 0.717) is 17.1 Å². The third-order valence-electron chi connectivity index (χ3n) is 4.89. The molecule has 3 aromatic carbocycles. The molecule has 2 amide bonds. The van der Waals surface area contributed by atoms with Crippen molar-refractivity contribution in [2.24, 2.45) is 0 Å². The Morgan fingerprint density at radius 3 is 2.53 bits per heavy atom. The van der Waals surface area contributed by atoms with Crippen molar-refractivity contribution in [2.45, 2.75) is 6.54 Å². The number of fused-ring (bicyclic) bond motifs is 1. The number of rotatable bonds is 5. The number of ether oxygens (including phenoxy) is 2. The first-order valence-corrected chi connectivity index (χ1v) is 9.97. The second-order valence-corrected chi connectivity index (χ2v) is 7.62. The van der Waals surface area contributed by atoms with Gasteiger partial charge in [0, 0.05) is 11.1 Å². The summed E-state index contributed by atoms with van der Waals surface area (Å²) in [6.45, 7) is -0.116. The van der Waals surface area contributed by atoms with Gasteiger partial charge in [-0.25, -0.2) is 4.39 Å². The number of hydrogen-bond donors (Lipinski definition) is 0. The average molecular weight is 423 g/mol. The van der Waals surface area contributed by atoms with Gasteiger partial charge in [0.1, 0.15) is 17.3 Å². The maximum absolute atomic E-state index is 14.0. The second-order valence-electron chi connectivity index (χ2n) is 6.63. The van der Waals surface area contributed by atoms with Crippen LogP contribution in [0, 0.1) is 5.82 Å². The number of methoxy groups -OCH3 is 2. The standard InChI is InChI=1S/C23H18FNO4S/c1-28-16-9-7-14-8-10-20(29-2)18(17(14)11-16)12-21-22(26)25(23(27)30-21)13-15-5-3-4-6-19(15)24/h3-12H,13H2,1-2H3/b21-12-. The summed E-state index contributed by atoms with van der Waals surface area (Å²) in [7, 11) is 3.12. The Bertz CT molecular complexity index is 1190. The lowest BCUT2D eigenvalue weighted by Crippen LogP contribution is -2.27. The molecule has 0 spiro atoms. The van der Waals surface area contributed by atoms with Gasteiger partial charge in [0.15, 0.2) is 0 Å². The van der Waals surface area contributed by atoms with Gasteiger partial charge < -0.3 is 9.47 Å². The lowest BCUT2D eigenvalue weighted by Gasteiger charge is -2.13. The van der Waals surface area contributed by atoms with Crippen LogP contribution in [-0.4, -0.2) is 30.3 Å². The van der Waals surface area contributed by atoms with Crippen molar-refractivity contribution >= 4 is 39.8 Å². The first-order chi connectivity index (χ1) is 14.5. The van der Waals surface area contributed by atoms with Crippen molar-refractivity contribution in [3.63, 3.8) is 0 Å². The lowest BCUT2D eigenvalue weighted by molar-refractivity contribution is -0.123. The molecule has 0 saturated carbocycles. The van der Waals surface area contributed by atoms with E-state index in [1.54, 1.807) is 38.5 Å². The number of carbonyl (C=O) groups excluding carboxylic acids is 2. The van der Waals surface area contributed by atoms with Crippen molar-refractivity contribution in [1.82, 2.24) is 4.90 Å². The molecule has 0 bridgehead atoms. The summed E-state index contributed by atoms with van der Waals surface area (Å²) in [5.41, 5.74) is 0.957. The summed E-state index contributed by atoms with van der Waals surface area (Å²) in [6.07, 6.45) is 1.65. The van der Waals surface area contributed by atoms with Gasteiger partial charge in [-0.2, -0.15) is 0 Å². The first-order valence-electron chi connectivity index (χ1n) is 9.15. The maximum atomic E-state index is 14.0. The number of nitrogens with zero attached hydrogens (tertiary/aromatic N) is 1. The molecule has 152 valence electrons. The fraction of sp³-hybridized carbons (Fsp3) is 0.130. The highest BCUT2D eigenvalue weighted by Gasteiger charge is 2.35. The quantitative estimate of drug-likeness (QED) is 0.526. The minimum absolute atomic E-state index is 0.116. The van der Waals surface area contributed by atoms with Crippen LogP contribution in [0.5, 0.6) is 11.5 Å². The third-order valence-corrected chi connectivity index (χ3v) is 5.79. The molecule has 1 heterocycles. The molecule has 0 aromatic heterocycles. The molecule has 1 fully saturated rings. The Hall–Kier alpha value is -3.32. The number of thioether (sulfide) groups is 1. The molecule has 0 radical (unpaired) electrons. The molecule has 5 nitrogen and oxygen atoms in total. The van der Waals surface area contributed by atoms with Crippen LogP contribution < -0.4 is 9.47 Å². The molecular weight excluding hydrogens is 405 g/mol. The SMILES string of the molecule is COc1ccc2ccc(OC)c(/C=C3\SC(=O)N(Cc4ccccc4F)C3=O)c2c1. The molecule has 0 aliphatic carbocycles. The normalized spacial score (nSPS) is 15.3. The molecule has 1 aliphatic heterocycles. The van der Waals surface area contributed by atoms with Gasteiger partial charge in [0.25, 0.3) is 11.1 Å². The van der Waals surface area contributed by atoms with Gasteiger partial charge in [-0.3, -0.25) is 14.5 Å². The van der Waals surface area contributed by atoms with E-state index < -0.39 is 17.0 Å². The molecule has 7 heteroatoms. The van der Waals surface area contributed by atoms with Crippen molar-refractivity contribution in [2.75, 3.05) is 14.2 Å². The Labute approximate surface area is 177 Å². The van der Waals surface area contributed by atoms with Gasteiger partial charge in [-0.05, 0) is 52.9 Å². The summed E-state index contributed by atoms with van der Waals surface area (Å²) in [4.78, 5) is 26.7. The van der Waals surface area contributed by atoms with E-state index in [-0.39, 0.29) is 17.0 Å². The fourth-order valence-electron chi connectivity index (χ4n) is 3.32. The molecular formula is C23H18FNO4S. The highest BCUT2D eigenvalue weighted by atomic mass is 32.2. The molecule has 0 unspecified atom stereocenters. The third kappa shape index (κ3) is 3.64. The van der Waals surface area contributed by atoms with Crippen LogP contribution >= 0.6 is 11.8 Å². The van der Waals surface area contributed by atoms with Crippen LogP contribution in [0.15, 0.2) is 59.5 Å². The highest BCUT2D eigenvalue weighted by molar-refractivity contribution is 8.18. The second kappa shape index (κ2) is 8.20. The largest absolute Gasteiger partial charge is 0.497 e. The molecule has 0 N–H and O–H groups in total. The van der Waals surface area contributed by atoms with Crippen LogP contribution in [-0.2, 0) is 11.3 Å². The van der Waals surface area contributed by atoms with Gasteiger partial charge in [0.05, 0.1) is 25.7 Å². The van der Waals surface area contributed by atoms with Gasteiger partial charge in [-0.1, -0.05) is 30.3 Å². The smallest absolute Gasteiger partial charge is 0.293 e. The zero-order chi connectivity index (χ0) is 21.3. The predicted molar refractivity (Wildman–Crippen MR) is 115 cm³/mol. The van der Waals surface area contributed by atoms with E-state index in [2.05, 4.69) is 0 Å². The molecule has 1 aliphatic rings. The van der Waals surface area contributed by atoms with Crippen LogP contribution in [0.4, 0.5) is 9.18 Å². The molecule has 3 aromatic rings. The summed E-state index contributed by atoms with van der Waals surface area (Å²) in [5.74, 6) is 0.313. The average Bonchev–Trinajstić information content (AvgIpc) is 3.02. The van der Waals surface area contributed by atoms with E-state index in [4.69, 9.17) is 9.47 Å². The number of benzene rings is 3. The lowest BCUT2D eigenvalue weighted by atomic mass is 10.0. The number of hydrogen-bond acceptors (Lipinski definition) is 5. The Morgan fingerprint density at radius 1 is 1.03 bits per heavy atom. The molecule has 30 heavy (non-hydrogen) atoms.